The molecule has 1 saturated heterocycles. The monoisotopic (exact) mass is 352 g/mol. The summed E-state index contributed by atoms with van der Waals surface area (Å²) >= 11 is 0. The second-order valence-corrected chi connectivity index (χ2v) is 19.6. The molecule has 0 bridgehead atoms. The summed E-state index contributed by atoms with van der Waals surface area (Å²) in [5, 5.41) is 0. The van der Waals surface area contributed by atoms with Crippen LogP contribution in [0.5, 0.6) is 0 Å². The van der Waals surface area contributed by atoms with Gasteiger partial charge in [-0.2, -0.15) is 0 Å². The largest absolute Gasteiger partial charge is 0.420 e. The predicted molar refractivity (Wildman–Crippen MR) is 93.3 cm³/mol. The van der Waals surface area contributed by atoms with Crippen LogP contribution in [0.1, 0.15) is 55.4 Å². The summed E-state index contributed by atoms with van der Waals surface area (Å²) in [5.41, 5.74) is 1.90. The van der Waals surface area contributed by atoms with Gasteiger partial charge in [0, 0.05) is 0 Å². The minimum absolute atomic E-state index is 0.474. The van der Waals surface area contributed by atoms with Gasteiger partial charge in [-0.05, 0) is 22.2 Å². The van der Waals surface area contributed by atoms with Crippen LogP contribution < -0.4 is 0 Å². The van der Waals surface area contributed by atoms with Crippen molar-refractivity contribution < 1.29 is 16.5 Å². The molecule has 1 aliphatic heterocycles. The molecule has 0 aromatic heterocycles. The molecule has 8 heteroatoms. The van der Waals surface area contributed by atoms with Crippen molar-refractivity contribution >= 4 is 37.1 Å². The molecule has 0 amide bonds. The van der Waals surface area contributed by atoms with Crippen LogP contribution in [-0.4, -0.2) is 37.1 Å². The van der Waals surface area contributed by atoms with Gasteiger partial charge in [-0.25, -0.2) is 0 Å². The van der Waals surface area contributed by atoms with Crippen molar-refractivity contribution in [3.63, 3.8) is 0 Å². The summed E-state index contributed by atoms with van der Waals surface area (Å²) in [6, 6.07) is 0. The highest BCUT2D eigenvalue weighted by atomic mass is 28.5. The molecule has 0 unspecified atom stereocenters. The first kappa shape index (κ1) is 18.8. The maximum absolute atomic E-state index is 6.40. The van der Waals surface area contributed by atoms with Gasteiger partial charge in [0.25, 0.3) is 0 Å². The summed E-state index contributed by atoms with van der Waals surface area (Å²) < 4.78 is 25.6. The van der Waals surface area contributed by atoms with Crippen LogP contribution in [0.4, 0.5) is 0 Å². The molecule has 0 saturated carbocycles. The van der Waals surface area contributed by atoms with Crippen molar-refractivity contribution in [2.45, 2.75) is 77.6 Å². The van der Waals surface area contributed by atoms with Crippen LogP contribution in [0.2, 0.25) is 22.2 Å². The minimum atomic E-state index is -1.66. The maximum atomic E-state index is 6.40. The molecule has 1 fully saturated rings. The Hall–Kier alpha value is 0.708. The molecule has 0 N–H and O–H groups in total. The Kier molecular flexibility index (Phi) is 7.85. The van der Waals surface area contributed by atoms with E-state index in [1.54, 1.807) is 0 Å². The van der Waals surface area contributed by atoms with Gasteiger partial charge in [-0.3, -0.25) is 0 Å². The molecule has 0 aromatic carbocycles. The van der Waals surface area contributed by atoms with Crippen molar-refractivity contribution in [3.05, 3.63) is 0 Å². The van der Waals surface area contributed by atoms with E-state index in [1.807, 2.05) is 0 Å². The number of rotatable bonds is 4. The minimum Gasteiger partial charge on any atom is -0.420 e. The zero-order valence-electron chi connectivity index (χ0n) is 14.3. The SMILES string of the molecule is CC(C)[SiH]1O[SiH](C(C)C)O[SiH](C(C)C)O[SiH](C(C)C)O1. The molecule has 0 radical (unpaired) electrons. The Morgan fingerprint density at radius 1 is 0.400 bits per heavy atom. The van der Waals surface area contributed by atoms with Gasteiger partial charge < -0.3 is 16.5 Å². The third kappa shape index (κ3) is 5.48. The van der Waals surface area contributed by atoms with E-state index in [0.29, 0.717) is 22.2 Å². The summed E-state index contributed by atoms with van der Waals surface area (Å²) in [6.45, 7) is 17.6. The Bertz CT molecular complexity index is 225. The second-order valence-electron chi connectivity index (χ2n) is 6.99. The molecule has 120 valence electrons. The van der Waals surface area contributed by atoms with Crippen molar-refractivity contribution in [1.82, 2.24) is 0 Å². The Balaban J connectivity index is 2.90. The average Bonchev–Trinajstić information content (AvgIpc) is 2.26. The lowest BCUT2D eigenvalue weighted by atomic mass is 10.6. The first-order valence-corrected chi connectivity index (χ1v) is 14.3. The Morgan fingerprint density at radius 3 is 0.650 bits per heavy atom. The van der Waals surface area contributed by atoms with Crippen molar-refractivity contribution in [3.8, 4) is 0 Å². The van der Waals surface area contributed by atoms with E-state index in [9.17, 15) is 0 Å². The van der Waals surface area contributed by atoms with Crippen molar-refractivity contribution in [2.24, 2.45) is 0 Å². The summed E-state index contributed by atoms with van der Waals surface area (Å²) in [7, 11) is -6.66. The normalized spacial score (nSPS) is 33.0. The fraction of sp³-hybridized carbons (Fsp3) is 1.00. The Labute approximate surface area is 131 Å². The van der Waals surface area contributed by atoms with Crippen molar-refractivity contribution in [2.75, 3.05) is 0 Å². The van der Waals surface area contributed by atoms with Gasteiger partial charge in [-0.1, -0.05) is 55.4 Å². The lowest BCUT2D eigenvalue weighted by Gasteiger charge is -2.39. The van der Waals surface area contributed by atoms with Gasteiger partial charge in [0.15, 0.2) is 0 Å². The zero-order valence-corrected chi connectivity index (χ0v) is 18.9. The molecular formula is C12H32O4Si4. The summed E-state index contributed by atoms with van der Waals surface area (Å²) in [5.74, 6) is 0. The van der Waals surface area contributed by atoms with Crippen LogP contribution in [0.25, 0.3) is 0 Å². The quantitative estimate of drug-likeness (QED) is 0.729. The average molecular weight is 353 g/mol. The molecule has 0 spiro atoms. The van der Waals surface area contributed by atoms with E-state index >= 15 is 0 Å². The summed E-state index contributed by atoms with van der Waals surface area (Å²) in [6.07, 6.45) is 0. The molecule has 4 nitrogen and oxygen atoms in total. The molecule has 0 atom stereocenters. The zero-order chi connectivity index (χ0) is 15.4. The molecule has 1 aliphatic rings. The van der Waals surface area contributed by atoms with Gasteiger partial charge in [0.2, 0.25) is 0 Å². The van der Waals surface area contributed by atoms with E-state index in [0.717, 1.165) is 0 Å². The molecule has 1 heterocycles. The van der Waals surface area contributed by atoms with Crippen LogP contribution in [0, 0.1) is 0 Å². The highest BCUT2D eigenvalue weighted by Crippen LogP contribution is 2.27. The molecule has 20 heavy (non-hydrogen) atoms. The fourth-order valence-corrected chi connectivity index (χ4v) is 19.5. The van der Waals surface area contributed by atoms with E-state index in [1.165, 1.54) is 0 Å². The Morgan fingerprint density at radius 2 is 0.550 bits per heavy atom. The van der Waals surface area contributed by atoms with Gasteiger partial charge >= 0.3 is 37.1 Å². The lowest BCUT2D eigenvalue weighted by molar-refractivity contribution is 0.261. The van der Waals surface area contributed by atoms with Gasteiger partial charge in [-0.15, -0.1) is 0 Å². The third-order valence-electron chi connectivity index (χ3n) is 3.25. The van der Waals surface area contributed by atoms with Gasteiger partial charge in [0.1, 0.15) is 0 Å². The predicted octanol–water partition coefficient (Wildman–Crippen LogP) is 2.59. The van der Waals surface area contributed by atoms with E-state index < -0.39 is 37.1 Å². The summed E-state index contributed by atoms with van der Waals surface area (Å²) in [4.78, 5) is 0. The standard InChI is InChI=1S/C12H32O4Si4/c1-9(2)17-13-18(10(3)4)15-20(12(7)8)16-19(14-17)11(5)6/h9-12,17-20H,1-8H3. The molecule has 0 aromatic rings. The highest BCUT2D eigenvalue weighted by molar-refractivity contribution is 6.75. The topological polar surface area (TPSA) is 36.9 Å². The van der Waals surface area contributed by atoms with Crippen LogP contribution >= 0.6 is 0 Å². The van der Waals surface area contributed by atoms with Gasteiger partial charge in [0.05, 0.1) is 0 Å². The third-order valence-corrected chi connectivity index (χ3v) is 16.2. The van der Waals surface area contributed by atoms with Crippen LogP contribution in [-0.2, 0) is 16.5 Å². The van der Waals surface area contributed by atoms with Crippen LogP contribution in [0.3, 0.4) is 0 Å². The highest BCUT2D eigenvalue weighted by Gasteiger charge is 2.39. The first-order chi connectivity index (χ1) is 9.22. The smallest absolute Gasteiger partial charge is 0.306 e. The molecule has 0 aliphatic carbocycles. The number of hydrogen-bond acceptors (Lipinski definition) is 4. The van der Waals surface area contributed by atoms with Crippen molar-refractivity contribution in [1.29, 1.82) is 0 Å². The van der Waals surface area contributed by atoms with Crippen LogP contribution in [0.15, 0.2) is 0 Å². The fourth-order valence-electron chi connectivity index (χ4n) is 1.91. The first-order valence-electron chi connectivity index (χ1n) is 7.84. The second kappa shape index (κ2) is 8.37. The number of hydrogen-bond donors (Lipinski definition) is 0. The van der Waals surface area contributed by atoms with E-state index in [2.05, 4.69) is 55.4 Å². The van der Waals surface area contributed by atoms with E-state index in [4.69, 9.17) is 16.5 Å². The maximum Gasteiger partial charge on any atom is 0.306 e. The molecule has 1 rings (SSSR count). The van der Waals surface area contributed by atoms with E-state index in [-0.39, 0.29) is 0 Å². The molecular weight excluding hydrogens is 320 g/mol. The lowest BCUT2D eigenvalue weighted by Crippen LogP contribution is -2.52.